The number of aromatic nitrogens is 4. The van der Waals surface area contributed by atoms with E-state index in [-0.39, 0.29) is 28.8 Å². The molecule has 1 aliphatic rings. The molecule has 6 rings (SSSR count). The first-order valence-corrected chi connectivity index (χ1v) is 15.7. The fraction of sp³-hybridized carbons (Fsp3) is 0.156. The molecule has 3 aromatic heterocycles. The second kappa shape index (κ2) is 12.3. The highest BCUT2D eigenvalue weighted by Crippen LogP contribution is 2.45. The zero-order chi connectivity index (χ0) is 31.0. The van der Waals surface area contributed by atoms with Crippen molar-refractivity contribution in [3.05, 3.63) is 118 Å². The second-order valence-corrected chi connectivity index (χ2v) is 12.7. The van der Waals surface area contributed by atoms with E-state index in [1.807, 2.05) is 53.9 Å². The van der Waals surface area contributed by atoms with Crippen molar-refractivity contribution in [1.82, 2.24) is 19.6 Å². The Morgan fingerprint density at radius 1 is 1.14 bits per heavy atom. The number of ketones is 1. The maximum Gasteiger partial charge on any atom is 0.301 e. The summed E-state index contributed by atoms with van der Waals surface area (Å²) in [4.78, 5) is 33.4. The summed E-state index contributed by atoms with van der Waals surface area (Å²) in [5.74, 6) is -0.899. The van der Waals surface area contributed by atoms with Gasteiger partial charge in [0.1, 0.15) is 23.7 Å². The Morgan fingerprint density at radius 3 is 2.68 bits per heavy atom. The lowest BCUT2D eigenvalue weighted by Gasteiger charge is -2.22. The van der Waals surface area contributed by atoms with Gasteiger partial charge in [-0.3, -0.25) is 14.5 Å². The third kappa shape index (κ3) is 5.49. The molecular formula is C32H26ClN5O4S2. The van der Waals surface area contributed by atoms with Gasteiger partial charge in [0.2, 0.25) is 5.13 Å². The molecule has 222 valence electrons. The number of carbonyl (C=O) groups is 2. The maximum absolute atomic E-state index is 13.7. The number of fused-ring (bicyclic) bond motifs is 1. The Balaban J connectivity index is 1.44. The topological polar surface area (TPSA) is 110 Å². The number of rotatable bonds is 9. The minimum atomic E-state index is -1.00. The minimum Gasteiger partial charge on any atom is -0.505 e. The van der Waals surface area contributed by atoms with E-state index in [9.17, 15) is 14.7 Å². The molecule has 1 fully saturated rings. The quantitative estimate of drug-likeness (QED) is 0.0459. The van der Waals surface area contributed by atoms with Crippen LogP contribution in [0.3, 0.4) is 0 Å². The number of imidazole rings is 1. The summed E-state index contributed by atoms with van der Waals surface area (Å²) in [6, 6.07) is 17.3. The van der Waals surface area contributed by atoms with Gasteiger partial charge >= 0.3 is 5.91 Å². The molecule has 1 aliphatic heterocycles. The summed E-state index contributed by atoms with van der Waals surface area (Å²) in [7, 11) is 0. The van der Waals surface area contributed by atoms with Crippen molar-refractivity contribution in [1.29, 1.82) is 0 Å². The number of hydrogen-bond acceptors (Lipinski definition) is 9. The van der Waals surface area contributed by atoms with Gasteiger partial charge in [-0.2, -0.15) is 0 Å². The lowest BCUT2D eigenvalue weighted by Crippen LogP contribution is -2.29. The Kier molecular flexibility index (Phi) is 8.26. The number of carbonyl (C=O) groups excluding carboxylic acids is 2. The van der Waals surface area contributed by atoms with Gasteiger partial charge in [0.05, 0.1) is 17.3 Å². The van der Waals surface area contributed by atoms with Crippen LogP contribution in [0.15, 0.2) is 89.4 Å². The van der Waals surface area contributed by atoms with Gasteiger partial charge in [-0.15, -0.1) is 10.2 Å². The van der Waals surface area contributed by atoms with Crippen molar-refractivity contribution in [3.8, 4) is 5.75 Å². The average molecular weight is 644 g/mol. The summed E-state index contributed by atoms with van der Waals surface area (Å²) in [6.45, 7) is 7.68. The standard InChI is InChI=1S/C32H26ClN5O4S2/c1-4-15-42-23-9-5-8-21(16-23)26-24(27(39)25-19(3)37-14-6-7-18(2)29(37)34-25)28(40)30(41)38(26)31-35-36-32(44-31)43-17-20-10-12-22(33)13-11-20/h4-14,16,26,39H,1,15,17H2,2-3H3. The summed E-state index contributed by atoms with van der Waals surface area (Å²) in [6.07, 6.45) is 3.46. The molecule has 0 radical (unpaired) electrons. The van der Waals surface area contributed by atoms with Crippen LogP contribution in [0, 0.1) is 13.8 Å². The molecule has 0 aliphatic carbocycles. The van der Waals surface area contributed by atoms with Crippen molar-refractivity contribution in [3.63, 3.8) is 0 Å². The largest absolute Gasteiger partial charge is 0.505 e. The van der Waals surface area contributed by atoms with Crippen LogP contribution >= 0.6 is 34.7 Å². The van der Waals surface area contributed by atoms with Crippen LogP contribution in [-0.4, -0.2) is 43.0 Å². The molecule has 1 atom stereocenters. The number of amides is 1. The first-order chi connectivity index (χ1) is 21.3. The van der Waals surface area contributed by atoms with E-state index < -0.39 is 17.7 Å². The molecule has 5 aromatic rings. The lowest BCUT2D eigenvalue weighted by atomic mass is 9.96. The Bertz CT molecular complexity index is 1950. The number of benzene rings is 2. The second-order valence-electron chi connectivity index (χ2n) is 10.0. The molecule has 2 aromatic carbocycles. The van der Waals surface area contributed by atoms with Crippen LogP contribution in [0.1, 0.15) is 34.1 Å². The van der Waals surface area contributed by atoms with Gasteiger partial charge < -0.3 is 14.2 Å². The average Bonchev–Trinajstić information content (AvgIpc) is 3.71. The Labute approximate surface area is 266 Å². The highest BCUT2D eigenvalue weighted by Gasteiger charge is 2.49. The van der Waals surface area contributed by atoms with Crippen molar-refractivity contribution in [2.24, 2.45) is 0 Å². The zero-order valence-electron chi connectivity index (χ0n) is 23.7. The number of pyridine rings is 1. The first kappa shape index (κ1) is 29.6. The van der Waals surface area contributed by atoms with Gasteiger partial charge in [-0.05, 0) is 60.9 Å². The number of thioether (sulfide) groups is 1. The molecule has 1 unspecified atom stereocenters. The van der Waals surface area contributed by atoms with E-state index in [0.717, 1.165) is 11.1 Å². The van der Waals surface area contributed by atoms with Crippen molar-refractivity contribution in [2.45, 2.75) is 30.0 Å². The van der Waals surface area contributed by atoms with E-state index in [2.05, 4.69) is 21.8 Å². The van der Waals surface area contributed by atoms with Crippen LogP contribution in [0.2, 0.25) is 5.02 Å². The molecule has 1 amide bonds. The SMILES string of the molecule is C=CCOc1cccc(C2C(=C(O)c3nc4c(C)cccn4c3C)C(=O)C(=O)N2c2nnc(SCc3ccc(Cl)cc3)s2)c1. The van der Waals surface area contributed by atoms with Gasteiger partial charge in [0, 0.05) is 17.0 Å². The molecule has 12 heteroatoms. The number of halogens is 1. The zero-order valence-corrected chi connectivity index (χ0v) is 26.1. The number of Topliss-reactive ketones (excluding diaryl/α,β-unsaturated/α-hetero) is 1. The molecule has 0 bridgehead atoms. The third-order valence-corrected chi connectivity index (χ3v) is 9.55. The fourth-order valence-corrected chi connectivity index (χ4v) is 6.98. The Hall–Kier alpha value is -4.45. The van der Waals surface area contributed by atoms with Gasteiger partial charge in [0.15, 0.2) is 10.1 Å². The van der Waals surface area contributed by atoms with E-state index in [1.165, 1.54) is 28.0 Å². The first-order valence-electron chi connectivity index (χ1n) is 13.6. The predicted octanol–water partition coefficient (Wildman–Crippen LogP) is 6.94. The third-order valence-electron chi connectivity index (χ3n) is 7.17. The van der Waals surface area contributed by atoms with Crippen molar-refractivity contribution < 1.29 is 19.4 Å². The van der Waals surface area contributed by atoms with Crippen molar-refractivity contribution >= 4 is 62.9 Å². The molecular weight excluding hydrogens is 618 g/mol. The minimum absolute atomic E-state index is 0.0920. The summed E-state index contributed by atoms with van der Waals surface area (Å²) in [5, 5.41) is 21.2. The number of hydrogen-bond donors (Lipinski definition) is 1. The van der Waals surface area contributed by atoms with Gasteiger partial charge in [-0.1, -0.05) is 77.7 Å². The number of anilines is 1. The van der Waals surface area contributed by atoms with Gasteiger partial charge in [-0.25, -0.2) is 4.98 Å². The number of ether oxygens (including phenoxy) is 1. The van der Waals surface area contributed by atoms with E-state index in [1.54, 1.807) is 37.3 Å². The molecule has 0 saturated carbocycles. The fourth-order valence-electron chi connectivity index (χ4n) is 5.03. The highest BCUT2D eigenvalue weighted by atomic mass is 35.5. The summed E-state index contributed by atoms with van der Waals surface area (Å²) in [5.41, 5.74) is 3.90. The number of aryl methyl sites for hydroxylation is 2. The number of aliphatic hydroxyl groups excluding tert-OH is 1. The highest BCUT2D eigenvalue weighted by molar-refractivity contribution is 8.00. The monoisotopic (exact) mass is 643 g/mol. The van der Waals surface area contributed by atoms with Crippen LogP contribution in [-0.2, 0) is 15.3 Å². The normalized spacial score (nSPS) is 16.2. The van der Waals surface area contributed by atoms with E-state index in [4.69, 9.17) is 16.3 Å². The molecule has 0 spiro atoms. The van der Waals surface area contributed by atoms with Crippen LogP contribution in [0.5, 0.6) is 5.75 Å². The van der Waals surface area contributed by atoms with Crippen molar-refractivity contribution in [2.75, 3.05) is 11.5 Å². The Morgan fingerprint density at radius 2 is 1.93 bits per heavy atom. The number of nitrogens with zero attached hydrogens (tertiary/aromatic N) is 5. The lowest BCUT2D eigenvalue weighted by molar-refractivity contribution is -0.132. The maximum atomic E-state index is 13.7. The smallest absolute Gasteiger partial charge is 0.301 e. The summed E-state index contributed by atoms with van der Waals surface area (Å²) < 4.78 is 8.21. The van der Waals surface area contributed by atoms with E-state index >= 15 is 0 Å². The molecule has 44 heavy (non-hydrogen) atoms. The van der Waals surface area contributed by atoms with E-state index in [0.29, 0.717) is 37.8 Å². The molecule has 1 saturated heterocycles. The molecule has 4 heterocycles. The summed E-state index contributed by atoms with van der Waals surface area (Å²) >= 11 is 8.65. The van der Waals surface area contributed by atoms with Gasteiger partial charge in [0.25, 0.3) is 5.78 Å². The predicted molar refractivity (Wildman–Crippen MR) is 173 cm³/mol. The number of aliphatic hydroxyl groups is 1. The van der Waals surface area contributed by atoms with Crippen LogP contribution in [0.25, 0.3) is 11.4 Å². The van der Waals surface area contributed by atoms with Crippen LogP contribution in [0.4, 0.5) is 5.13 Å². The van der Waals surface area contributed by atoms with Crippen LogP contribution < -0.4 is 9.64 Å². The molecule has 9 nitrogen and oxygen atoms in total. The molecule has 1 N–H and O–H groups in total.